The lowest BCUT2D eigenvalue weighted by Gasteiger charge is -2.31. The maximum absolute atomic E-state index is 10.7. The molecule has 1 N–H and O–H groups in total. The fraction of sp³-hybridized carbons (Fsp3) is 0.786. The third kappa shape index (κ3) is 4.23. The number of aromatic nitrogens is 3. The smallest absolute Gasteiger partial charge is 0.313 e. The maximum Gasteiger partial charge on any atom is 0.313 e. The van der Waals surface area contributed by atoms with Crippen LogP contribution >= 0.6 is 11.8 Å². The number of hydrogen-bond donors (Lipinski definition) is 1. The van der Waals surface area contributed by atoms with Gasteiger partial charge in [0.1, 0.15) is 5.82 Å². The Morgan fingerprint density at radius 2 is 1.90 bits per heavy atom. The summed E-state index contributed by atoms with van der Waals surface area (Å²) < 4.78 is 2.08. The van der Waals surface area contributed by atoms with E-state index < -0.39 is 5.97 Å². The monoisotopic (exact) mass is 299 g/mol. The Morgan fingerprint density at radius 1 is 1.30 bits per heavy atom. The molecular formula is C14H25N3O2S. The summed E-state index contributed by atoms with van der Waals surface area (Å²) >= 11 is 1.24. The minimum atomic E-state index is -0.834. The Morgan fingerprint density at radius 3 is 2.35 bits per heavy atom. The number of hydrogen-bond acceptors (Lipinski definition) is 4. The summed E-state index contributed by atoms with van der Waals surface area (Å²) in [5, 5.41) is 17.9. The standard InChI is InChI=1S/C14H25N3O2S/c1-9(2)12-15-16-13(20-7-11(18)19)17(12)8-14(5,6)10(3)4/h9-10H,7-8H2,1-6H3,(H,18,19). The van der Waals surface area contributed by atoms with Crippen LogP contribution in [-0.2, 0) is 11.3 Å². The van der Waals surface area contributed by atoms with E-state index >= 15 is 0 Å². The van der Waals surface area contributed by atoms with Crippen LogP contribution in [0.15, 0.2) is 5.16 Å². The van der Waals surface area contributed by atoms with E-state index in [9.17, 15) is 4.79 Å². The summed E-state index contributed by atoms with van der Waals surface area (Å²) in [5.41, 5.74) is 0.102. The van der Waals surface area contributed by atoms with Gasteiger partial charge >= 0.3 is 5.97 Å². The molecule has 0 amide bonds. The number of carbonyl (C=O) groups is 1. The first-order valence-corrected chi connectivity index (χ1v) is 7.91. The van der Waals surface area contributed by atoms with Crippen LogP contribution in [0.3, 0.4) is 0 Å². The van der Waals surface area contributed by atoms with Gasteiger partial charge in [-0.3, -0.25) is 4.79 Å². The van der Waals surface area contributed by atoms with E-state index in [0.29, 0.717) is 11.1 Å². The molecule has 0 aliphatic heterocycles. The lowest BCUT2D eigenvalue weighted by Crippen LogP contribution is -2.27. The van der Waals surface area contributed by atoms with Crippen molar-refractivity contribution in [2.24, 2.45) is 11.3 Å². The van der Waals surface area contributed by atoms with Gasteiger partial charge in [0, 0.05) is 12.5 Å². The van der Waals surface area contributed by atoms with Crippen molar-refractivity contribution in [2.75, 3.05) is 5.75 Å². The Kier molecular flexibility index (Phi) is 5.62. The van der Waals surface area contributed by atoms with Gasteiger partial charge in [0.05, 0.1) is 5.75 Å². The summed E-state index contributed by atoms with van der Waals surface area (Å²) in [6.07, 6.45) is 0. The van der Waals surface area contributed by atoms with Gasteiger partial charge in [-0.05, 0) is 11.3 Å². The Balaban J connectivity index is 3.06. The summed E-state index contributed by atoms with van der Waals surface area (Å²) in [7, 11) is 0. The molecule has 0 aliphatic carbocycles. The molecule has 0 saturated heterocycles. The van der Waals surface area contributed by atoms with E-state index in [4.69, 9.17) is 5.11 Å². The van der Waals surface area contributed by atoms with Gasteiger partial charge < -0.3 is 9.67 Å². The van der Waals surface area contributed by atoms with Crippen molar-refractivity contribution in [2.45, 2.75) is 59.2 Å². The number of aliphatic carboxylic acids is 1. The molecule has 0 saturated carbocycles. The highest BCUT2D eigenvalue weighted by atomic mass is 32.2. The van der Waals surface area contributed by atoms with E-state index in [1.165, 1.54) is 11.8 Å². The van der Waals surface area contributed by atoms with Crippen molar-refractivity contribution in [1.82, 2.24) is 14.8 Å². The first-order chi connectivity index (χ1) is 9.15. The zero-order valence-corrected chi connectivity index (χ0v) is 14.0. The lowest BCUT2D eigenvalue weighted by molar-refractivity contribution is -0.133. The third-order valence-electron chi connectivity index (χ3n) is 3.72. The highest BCUT2D eigenvalue weighted by Gasteiger charge is 2.27. The summed E-state index contributed by atoms with van der Waals surface area (Å²) in [5.74, 6) is 0.885. The van der Waals surface area contributed by atoms with E-state index in [0.717, 1.165) is 12.4 Å². The van der Waals surface area contributed by atoms with Crippen LogP contribution in [0, 0.1) is 11.3 Å². The van der Waals surface area contributed by atoms with Crippen molar-refractivity contribution in [1.29, 1.82) is 0 Å². The van der Waals surface area contributed by atoms with Crippen LogP contribution in [0.2, 0.25) is 0 Å². The van der Waals surface area contributed by atoms with Crippen LogP contribution in [-0.4, -0.2) is 31.6 Å². The van der Waals surface area contributed by atoms with Gasteiger partial charge in [0.25, 0.3) is 0 Å². The summed E-state index contributed by atoms with van der Waals surface area (Å²) in [4.78, 5) is 10.7. The molecule has 5 nitrogen and oxygen atoms in total. The van der Waals surface area contributed by atoms with Gasteiger partial charge in [-0.15, -0.1) is 10.2 Å². The second kappa shape index (κ2) is 6.61. The lowest BCUT2D eigenvalue weighted by atomic mass is 9.81. The maximum atomic E-state index is 10.7. The van der Waals surface area contributed by atoms with Crippen molar-refractivity contribution < 1.29 is 9.90 Å². The second-order valence-corrected chi connectivity index (χ2v) is 7.35. The molecule has 1 aromatic rings. The second-order valence-electron chi connectivity index (χ2n) is 6.41. The molecule has 1 heterocycles. The SMILES string of the molecule is CC(C)c1nnc(SCC(=O)O)n1CC(C)(C)C(C)C. The van der Waals surface area contributed by atoms with E-state index in [-0.39, 0.29) is 17.1 Å². The van der Waals surface area contributed by atoms with Gasteiger partial charge in [-0.1, -0.05) is 53.3 Å². The molecule has 0 atom stereocenters. The molecule has 114 valence electrons. The normalized spacial score (nSPS) is 12.4. The first-order valence-electron chi connectivity index (χ1n) is 6.93. The summed E-state index contributed by atoms with van der Waals surface area (Å²) in [6, 6.07) is 0. The molecule has 0 bridgehead atoms. The number of carboxylic acid groups (broad SMARTS) is 1. The van der Waals surface area contributed by atoms with Crippen LogP contribution in [0.5, 0.6) is 0 Å². The fourth-order valence-corrected chi connectivity index (χ4v) is 2.36. The molecule has 0 unspecified atom stereocenters. The topological polar surface area (TPSA) is 68.0 Å². The van der Waals surface area contributed by atoms with Crippen LogP contribution in [0.1, 0.15) is 53.3 Å². The number of thioether (sulfide) groups is 1. The molecular weight excluding hydrogens is 274 g/mol. The van der Waals surface area contributed by atoms with Crippen LogP contribution in [0.4, 0.5) is 0 Å². The molecule has 0 aromatic carbocycles. The van der Waals surface area contributed by atoms with Crippen molar-refractivity contribution >= 4 is 17.7 Å². The zero-order chi connectivity index (χ0) is 15.5. The molecule has 0 radical (unpaired) electrons. The highest BCUT2D eigenvalue weighted by Crippen LogP contribution is 2.32. The van der Waals surface area contributed by atoms with E-state index in [1.54, 1.807) is 0 Å². The van der Waals surface area contributed by atoms with E-state index in [1.807, 2.05) is 0 Å². The average Bonchev–Trinajstić information content (AvgIpc) is 2.68. The molecule has 0 fully saturated rings. The Hall–Kier alpha value is -1.04. The van der Waals surface area contributed by atoms with Crippen LogP contribution < -0.4 is 0 Å². The quantitative estimate of drug-likeness (QED) is 0.783. The minimum absolute atomic E-state index is 0.0122. The fourth-order valence-electron chi connectivity index (χ4n) is 1.70. The molecule has 0 spiro atoms. The highest BCUT2D eigenvalue weighted by molar-refractivity contribution is 7.99. The predicted molar refractivity (Wildman–Crippen MR) is 81.1 cm³/mol. The molecule has 1 aromatic heterocycles. The Labute approximate surface area is 125 Å². The van der Waals surface area contributed by atoms with E-state index in [2.05, 4.69) is 56.3 Å². The predicted octanol–water partition coefficient (Wildman–Crippen LogP) is 3.26. The Bertz CT molecular complexity index is 467. The van der Waals surface area contributed by atoms with Crippen LogP contribution in [0.25, 0.3) is 0 Å². The van der Waals surface area contributed by atoms with Gasteiger partial charge in [-0.2, -0.15) is 0 Å². The van der Waals surface area contributed by atoms with Gasteiger partial charge in [0.15, 0.2) is 5.16 Å². The third-order valence-corrected chi connectivity index (χ3v) is 4.67. The molecule has 1 rings (SSSR count). The first kappa shape index (κ1) is 17.0. The van der Waals surface area contributed by atoms with Crippen molar-refractivity contribution in [3.63, 3.8) is 0 Å². The zero-order valence-electron chi connectivity index (χ0n) is 13.2. The molecule has 20 heavy (non-hydrogen) atoms. The largest absolute Gasteiger partial charge is 0.481 e. The average molecular weight is 299 g/mol. The van der Waals surface area contributed by atoms with Gasteiger partial charge in [-0.25, -0.2) is 0 Å². The van der Waals surface area contributed by atoms with Gasteiger partial charge in [0.2, 0.25) is 0 Å². The summed E-state index contributed by atoms with van der Waals surface area (Å²) in [6.45, 7) is 13.8. The minimum Gasteiger partial charge on any atom is -0.481 e. The number of nitrogens with zero attached hydrogens (tertiary/aromatic N) is 3. The number of carboxylic acids is 1. The van der Waals surface area contributed by atoms with Crippen molar-refractivity contribution in [3.8, 4) is 0 Å². The molecule has 0 aliphatic rings. The number of rotatable bonds is 7. The molecule has 6 heteroatoms. The van der Waals surface area contributed by atoms with Crippen molar-refractivity contribution in [3.05, 3.63) is 5.82 Å².